The maximum absolute atomic E-state index is 13.4. The van der Waals surface area contributed by atoms with Crippen LogP contribution in [-0.4, -0.2) is 65.9 Å². The van der Waals surface area contributed by atoms with E-state index >= 15 is 0 Å². The fourth-order valence-corrected chi connectivity index (χ4v) is 8.86. The standard InChI is InChI=1S/C35H44N2O11/c1-34-14-13-23(38)18-22(34)7-10-25-26-11-12-27(35(26,2)19-29(39)31(25)34)30(40)20-46-33(42)48-24-8-5-21(6-9-24)17-28(36)32(41)45-15-3-4-16-47-37(43)44/h5-6,8-9,13-14,18,25-29,31,39H,3-4,7,10-12,15-17,19-20,36H2,1-2H3/t25?,26?,27-,28+,29?,31?,34+,35+/m1/s1. The molecule has 3 N–H and O–H groups in total. The van der Waals surface area contributed by atoms with Gasteiger partial charge in [0, 0.05) is 17.3 Å². The molecule has 0 spiro atoms. The summed E-state index contributed by atoms with van der Waals surface area (Å²) in [6, 6.07) is 5.40. The zero-order valence-electron chi connectivity index (χ0n) is 27.3. The quantitative estimate of drug-likeness (QED) is 0.101. The highest BCUT2D eigenvalue weighted by Crippen LogP contribution is 2.66. The maximum Gasteiger partial charge on any atom is 0.514 e. The lowest BCUT2D eigenvalue weighted by molar-refractivity contribution is -0.757. The number of carbonyl (C=O) groups excluding carboxylic acids is 4. The van der Waals surface area contributed by atoms with Crippen LogP contribution in [0, 0.1) is 44.6 Å². The Kier molecular flexibility index (Phi) is 10.7. The SMILES string of the molecule is C[C@]12C=CC(=O)C=C1CCC1C2C(O)C[C@@]2(C)C1CC[C@@H]2C(=O)COC(=O)Oc1ccc(C[C@H](N)C(=O)OCCCCO[N+](=O)[O-])cc1. The molecular weight excluding hydrogens is 624 g/mol. The molecule has 1 aromatic carbocycles. The summed E-state index contributed by atoms with van der Waals surface area (Å²) in [5.41, 5.74) is 6.93. The van der Waals surface area contributed by atoms with Crippen molar-refractivity contribution >= 4 is 23.7 Å². The number of aliphatic hydroxyl groups is 1. The fourth-order valence-electron chi connectivity index (χ4n) is 8.86. The monoisotopic (exact) mass is 668 g/mol. The van der Waals surface area contributed by atoms with Gasteiger partial charge in [-0.3, -0.25) is 14.4 Å². The Hall–Kier alpha value is -4.10. The molecule has 0 bridgehead atoms. The van der Waals surface area contributed by atoms with Gasteiger partial charge in [-0.1, -0.05) is 37.6 Å². The van der Waals surface area contributed by atoms with Crippen LogP contribution in [0.25, 0.3) is 0 Å². The molecule has 13 heteroatoms. The van der Waals surface area contributed by atoms with E-state index in [0.29, 0.717) is 31.2 Å². The van der Waals surface area contributed by atoms with E-state index in [-0.39, 0.29) is 66.0 Å². The van der Waals surface area contributed by atoms with E-state index in [1.807, 2.05) is 6.08 Å². The van der Waals surface area contributed by atoms with Gasteiger partial charge in [0.05, 0.1) is 19.3 Å². The van der Waals surface area contributed by atoms with Crippen molar-refractivity contribution in [2.45, 2.75) is 77.4 Å². The zero-order valence-corrected chi connectivity index (χ0v) is 27.3. The Bertz CT molecular complexity index is 1470. The molecule has 4 aliphatic rings. The minimum atomic E-state index is -1.01. The highest BCUT2D eigenvalue weighted by atomic mass is 16.9. The zero-order chi connectivity index (χ0) is 34.6. The van der Waals surface area contributed by atoms with E-state index in [4.69, 9.17) is 19.9 Å². The van der Waals surface area contributed by atoms with E-state index in [1.165, 1.54) is 12.1 Å². The van der Waals surface area contributed by atoms with Crippen LogP contribution in [-0.2, 0) is 35.1 Å². The second-order valence-electron chi connectivity index (χ2n) is 13.9. The number of Topliss-reactive ketones (excluding diaryl/α,β-unsaturated/α-hetero) is 1. The molecule has 0 aromatic heterocycles. The van der Waals surface area contributed by atoms with Crippen LogP contribution in [0.3, 0.4) is 0 Å². The normalized spacial score (nSPS) is 31.0. The number of allylic oxidation sites excluding steroid dienone is 4. The highest BCUT2D eigenvalue weighted by molar-refractivity contribution is 6.01. The summed E-state index contributed by atoms with van der Waals surface area (Å²) in [5, 5.41) is 20.8. The van der Waals surface area contributed by atoms with E-state index in [2.05, 4.69) is 18.7 Å². The summed E-state index contributed by atoms with van der Waals surface area (Å²) in [4.78, 5) is 64.5. The molecule has 1 aromatic rings. The lowest BCUT2D eigenvalue weighted by Crippen LogP contribution is -2.56. The van der Waals surface area contributed by atoms with Crippen LogP contribution in [0.1, 0.15) is 64.4 Å². The predicted molar refractivity (Wildman–Crippen MR) is 170 cm³/mol. The molecular formula is C35H44N2O11. The molecule has 0 heterocycles. The second-order valence-corrected chi connectivity index (χ2v) is 13.9. The molecule has 0 aliphatic heterocycles. The Labute approximate surface area is 278 Å². The molecule has 3 saturated carbocycles. The Morgan fingerprint density at radius 2 is 1.81 bits per heavy atom. The molecule has 3 fully saturated rings. The summed E-state index contributed by atoms with van der Waals surface area (Å²) in [6.07, 6.45) is 8.26. The van der Waals surface area contributed by atoms with Gasteiger partial charge in [-0.25, -0.2) is 4.79 Å². The van der Waals surface area contributed by atoms with Gasteiger partial charge in [0.1, 0.15) is 11.8 Å². The fraction of sp³-hybridized carbons (Fsp3) is 0.600. The summed E-state index contributed by atoms with van der Waals surface area (Å²) in [7, 11) is 0. The third-order valence-corrected chi connectivity index (χ3v) is 11.1. The Morgan fingerprint density at radius 1 is 1.08 bits per heavy atom. The molecule has 4 aliphatic carbocycles. The van der Waals surface area contributed by atoms with Crippen molar-refractivity contribution in [1.82, 2.24) is 0 Å². The van der Waals surface area contributed by atoms with Gasteiger partial charge in [0.15, 0.2) is 18.2 Å². The van der Waals surface area contributed by atoms with Gasteiger partial charge in [0.25, 0.3) is 5.09 Å². The number of aliphatic hydroxyl groups excluding tert-OH is 1. The number of carbonyl (C=O) groups is 4. The number of esters is 1. The predicted octanol–water partition coefficient (Wildman–Crippen LogP) is 4.07. The highest BCUT2D eigenvalue weighted by Gasteiger charge is 2.62. The van der Waals surface area contributed by atoms with Crippen molar-refractivity contribution in [2.75, 3.05) is 19.8 Å². The first kappa shape index (κ1) is 35.2. The third-order valence-electron chi connectivity index (χ3n) is 11.1. The Morgan fingerprint density at radius 3 is 2.54 bits per heavy atom. The molecule has 0 amide bonds. The van der Waals surface area contributed by atoms with Crippen LogP contribution in [0.15, 0.2) is 48.1 Å². The summed E-state index contributed by atoms with van der Waals surface area (Å²) < 4.78 is 15.6. The number of nitrogens with two attached hydrogens (primary N) is 1. The van der Waals surface area contributed by atoms with Crippen molar-refractivity contribution in [2.24, 2.45) is 40.2 Å². The van der Waals surface area contributed by atoms with Gasteiger partial charge in [0.2, 0.25) is 0 Å². The van der Waals surface area contributed by atoms with Crippen LogP contribution in [0.2, 0.25) is 0 Å². The second kappa shape index (κ2) is 14.6. The lowest BCUT2D eigenvalue weighted by atomic mass is 9.46. The van der Waals surface area contributed by atoms with Crippen molar-refractivity contribution < 1.29 is 48.4 Å². The molecule has 8 atom stereocenters. The molecule has 5 rings (SSSR count). The number of hydrogen-bond acceptors (Lipinski definition) is 12. The van der Waals surface area contributed by atoms with Crippen LogP contribution >= 0.6 is 0 Å². The maximum atomic E-state index is 13.4. The van der Waals surface area contributed by atoms with E-state index < -0.39 is 41.4 Å². The first-order valence-corrected chi connectivity index (χ1v) is 16.6. The summed E-state index contributed by atoms with van der Waals surface area (Å²) in [6.45, 7) is 3.76. The third kappa shape index (κ3) is 7.46. The number of benzene rings is 1. The molecule has 4 unspecified atom stereocenters. The number of ether oxygens (including phenoxy) is 3. The first-order chi connectivity index (χ1) is 22.8. The molecule has 260 valence electrons. The number of rotatable bonds is 13. The average molecular weight is 669 g/mol. The van der Waals surface area contributed by atoms with Crippen molar-refractivity contribution in [3.8, 4) is 5.75 Å². The van der Waals surface area contributed by atoms with Gasteiger partial charge in [-0.05, 0) is 98.5 Å². The van der Waals surface area contributed by atoms with Crippen LogP contribution < -0.4 is 10.5 Å². The number of hydrogen-bond donors (Lipinski definition) is 2. The molecule has 48 heavy (non-hydrogen) atoms. The van der Waals surface area contributed by atoms with Gasteiger partial charge in [-0.2, -0.15) is 0 Å². The number of unbranched alkanes of at least 4 members (excludes halogenated alkanes) is 1. The minimum absolute atomic E-state index is 0.00600. The van der Waals surface area contributed by atoms with Crippen LogP contribution in [0.4, 0.5) is 4.79 Å². The van der Waals surface area contributed by atoms with Gasteiger partial charge < -0.3 is 29.9 Å². The van der Waals surface area contributed by atoms with Gasteiger partial charge >= 0.3 is 12.1 Å². The summed E-state index contributed by atoms with van der Waals surface area (Å²) in [5.74, 6) is -0.510. The smallest absolute Gasteiger partial charge is 0.465 e. The van der Waals surface area contributed by atoms with Crippen molar-refractivity contribution in [3.05, 3.63) is 63.7 Å². The van der Waals surface area contributed by atoms with Crippen molar-refractivity contribution in [3.63, 3.8) is 0 Å². The van der Waals surface area contributed by atoms with E-state index in [1.54, 1.807) is 24.3 Å². The number of ketones is 2. The van der Waals surface area contributed by atoms with Crippen LogP contribution in [0.5, 0.6) is 5.75 Å². The molecule has 0 radical (unpaired) electrons. The van der Waals surface area contributed by atoms with Gasteiger partial charge in [-0.15, -0.1) is 10.1 Å². The largest absolute Gasteiger partial charge is 0.514 e. The number of fused-ring (bicyclic) bond motifs is 5. The molecule has 0 saturated heterocycles. The van der Waals surface area contributed by atoms with E-state index in [0.717, 1.165) is 24.8 Å². The minimum Gasteiger partial charge on any atom is -0.465 e. The number of nitrogens with zero attached hydrogens (tertiary/aromatic N) is 1. The lowest BCUT2D eigenvalue weighted by Gasteiger charge is -2.58. The van der Waals surface area contributed by atoms with E-state index in [9.17, 15) is 34.4 Å². The molecule has 13 nitrogen and oxygen atoms in total. The summed E-state index contributed by atoms with van der Waals surface area (Å²) >= 11 is 0. The average Bonchev–Trinajstić information content (AvgIpc) is 3.38. The Balaban J connectivity index is 1.07. The van der Waals surface area contributed by atoms with Crippen molar-refractivity contribution in [1.29, 1.82) is 0 Å². The first-order valence-electron chi connectivity index (χ1n) is 16.6. The topological polar surface area (TPSA) is 195 Å².